The van der Waals surface area contributed by atoms with Crippen LogP contribution < -0.4 is 0 Å². The van der Waals surface area contributed by atoms with E-state index in [1.54, 1.807) is 20.8 Å². The molecular weight excluding hydrogens is 356 g/mol. The number of aryl methyl sites for hydroxylation is 3. The van der Waals surface area contributed by atoms with Gasteiger partial charge in [0, 0.05) is 25.7 Å². The largest absolute Gasteiger partial charge is 0.447 e. The lowest BCUT2D eigenvalue weighted by atomic mass is 9.81. The van der Waals surface area contributed by atoms with E-state index in [1.165, 1.54) is 0 Å². The molecule has 0 bridgehead atoms. The van der Waals surface area contributed by atoms with Crippen LogP contribution in [0, 0.1) is 26.2 Å². The molecule has 1 aromatic carbocycles. The van der Waals surface area contributed by atoms with E-state index in [-0.39, 0.29) is 11.5 Å². The molecule has 5 nitrogen and oxygen atoms in total. The highest BCUT2D eigenvalue weighted by Crippen LogP contribution is 2.48. The van der Waals surface area contributed by atoms with Crippen LogP contribution in [-0.4, -0.2) is 23.3 Å². The standard InChI is InChI=1S/C23H28O5/c1-13-11-14(2)17(15(3)12-13)18-19(27-21(26)22(4,5)6)23(28-20(18)25)9-7-16(24)8-10-23/h11-12H,7-10H2,1-6H3. The predicted octanol–water partition coefficient (Wildman–Crippen LogP) is 4.35. The van der Waals surface area contributed by atoms with Crippen molar-refractivity contribution in [3.8, 4) is 0 Å². The number of carbonyl (C=O) groups is 3. The third-order valence-electron chi connectivity index (χ3n) is 5.48. The summed E-state index contributed by atoms with van der Waals surface area (Å²) in [5.41, 5.74) is 2.26. The number of hydrogen-bond acceptors (Lipinski definition) is 5. The summed E-state index contributed by atoms with van der Waals surface area (Å²) in [5.74, 6) is -0.489. The molecule has 0 atom stereocenters. The van der Waals surface area contributed by atoms with Gasteiger partial charge in [-0.2, -0.15) is 0 Å². The quantitative estimate of drug-likeness (QED) is 0.709. The Balaban J connectivity index is 2.21. The number of esters is 2. The van der Waals surface area contributed by atoms with Crippen LogP contribution in [0.1, 0.15) is 68.7 Å². The highest BCUT2D eigenvalue weighted by atomic mass is 16.6. The second-order valence-electron chi connectivity index (χ2n) is 9.04. The van der Waals surface area contributed by atoms with Gasteiger partial charge in [-0.05, 0) is 58.2 Å². The van der Waals surface area contributed by atoms with E-state index < -0.39 is 23.0 Å². The van der Waals surface area contributed by atoms with Gasteiger partial charge >= 0.3 is 11.9 Å². The van der Waals surface area contributed by atoms with Gasteiger partial charge in [-0.15, -0.1) is 0 Å². The summed E-state index contributed by atoms with van der Waals surface area (Å²) in [7, 11) is 0. The molecule has 2 aliphatic rings. The molecule has 1 aromatic rings. The van der Waals surface area contributed by atoms with E-state index in [1.807, 2.05) is 32.9 Å². The average Bonchev–Trinajstić information content (AvgIpc) is 2.81. The number of hydrogen-bond donors (Lipinski definition) is 0. The van der Waals surface area contributed by atoms with Gasteiger partial charge in [0.25, 0.3) is 0 Å². The maximum Gasteiger partial charge on any atom is 0.343 e. The fraction of sp³-hybridized carbons (Fsp3) is 0.522. The molecule has 1 heterocycles. The van der Waals surface area contributed by atoms with Crippen molar-refractivity contribution < 1.29 is 23.9 Å². The Kier molecular flexibility index (Phi) is 4.98. The van der Waals surface area contributed by atoms with E-state index in [0.29, 0.717) is 31.3 Å². The monoisotopic (exact) mass is 384 g/mol. The van der Waals surface area contributed by atoms with E-state index in [9.17, 15) is 14.4 Å². The third kappa shape index (κ3) is 3.50. The Bertz CT molecular complexity index is 865. The molecule has 150 valence electrons. The molecule has 0 amide bonds. The maximum absolute atomic E-state index is 13.0. The Hall–Kier alpha value is -2.43. The highest BCUT2D eigenvalue weighted by Gasteiger charge is 2.53. The molecular formula is C23H28O5. The molecule has 3 rings (SSSR count). The topological polar surface area (TPSA) is 69.7 Å². The molecule has 5 heteroatoms. The molecule has 1 aliphatic carbocycles. The van der Waals surface area contributed by atoms with Gasteiger partial charge in [0.1, 0.15) is 11.4 Å². The van der Waals surface area contributed by atoms with E-state index in [0.717, 1.165) is 22.3 Å². The molecule has 0 N–H and O–H groups in total. The minimum atomic E-state index is -1.04. The highest BCUT2D eigenvalue weighted by molar-refractivity contribution is 6.21. The van der Waals surface area contributed by atoms with Crippen LogP contribution in [-0.2, 0) is 23.9 Å². The first-order chi connectivity index (χ1) is 12.9. The zero-order valence-electron chi connectivity index (χ0n) is 17.5. The zero-order chi connectivity index (χ0) is 20.9. The summed E-state index contributed by atoms with van der Waals surface area (Å²) in [4.78, 5) is 37.5. The van der Waals surface area contributed by atoms with Crippen LogP contribution in [0.4, 0.5) is 0 Å². The van der Waals surface area contributed by atoms with Crippen molar-refractivity contribution >= 4 is 23.3 Å². The fourth-order valence-corrected chi connectivity index (χ4v) is 4.04. The van der Waals surface area contributed by atoms with Crippen molar-refractivity contribution in [3.05, 3.63) is 40.1 Å². The van der Waals surface area contributed by atoms with Crippen molar-refractivity contribution in [2.75, 3.05) is 0 Å². The molecule has 0 unspecified atom stereocenters. The van der Waals surface area contributed by atoms with Crippen LogP contribution >= 0.6 is 0 Å². The molecule has 1 aliphatic heterocycles. The summed E-state index contributed by atoms with van der Waals surface area (Å²) in [6, 6.07) is 4.00. The minimum Gasteiger partial charge on any atom is -0.447 e. The minimum absolute atomic E-state index is 0.138. The van der Waals surface area contributed by atoms with Crippen molar-refractivity contribution in [3.63, 3.8) is 0 Å². The Labute approximate surface area is 166 Å². The molecule has 1 spiro atoms. The summed E-state index contributed by atoms with van der Waals surface area (Å²) in [6.07, 6.45) is 1.31. The third-order valence-corrected chi connectivity index (χ3v) is 5.48. The van der Waals surface area contributed by atoms with Crippen molar-refractivity contribution in [1.29, 1.82) is 0 Å². The number of Topliss-reactive ketones (excluding diaryl/α,β-unsaturated/α-hetero) is 1. The van der Waals surface area contributed by atoms with Gasteiger partial charge in [0.15, 0.2) is 11.4 Å². The van der Waals surface area contributed by atoms with Gasteiger partial charge < -0.3 is 9.47 Å². The SMILES string of the molecule is Cc1cc(C)c(C2=C(OC(=O)C(C)(C)C)C3(CCC(=O)CC3)OC2=O)c(C)c1. The van der Waals surface area contributed by atoms with E-state index in [4.69, 9.17) is 9.47 Å². The van der Waals surface area contributed by atoms with Crippen LogP contribution in [0.15, 0.2) is 17.9 Å². The number of ether oxygens (including phenoxy) is 2. The number of benzene rings is 1. The smallest absolute Gasteiger partial charge is 0.343 e. The fourth-order valence-electron chi connectivity index (χ4n) is 4.04. The molecule has 0 saturated heterocycles. The summed E-state index contributed by atoms with van der Waals surface area (Å²) < 4.78 is 11.7. The molecule has 28 heavy (non-hydrogen) atoms. The molecule has 0 radical (unpaired) electrons. The summed E-state index contributed by atoms with van der Waals surface area (Å²) in [6.45, 7) is 11.2. The lowest BCUT2D eigenvalue weighted by molar-refractivity contribution is -0.160. The second-order valence-corrected chi connectivity index (χ2v) is 9.04. The summed E-state index contributed by atoms with van der Waals surface area (Å²) in [5, 5.41) is 0. The first-order valence-corrected chi connectivity index (χ1v) is 9.75. The molecule has 1 saturated carbocycles. The second kappa shape index (κ2) is 6.87. The van der Waals surface area contributed by atoms with E-state index >= 15 is 0 Å². The van der Waals surface area contributed by atoms with Crippen LogP contribution in [0.3, 0.4) is 0 Å². The lowest BCUT2D eigenvalue weighted by Crippen LogP contribution is -2.39. The van der Waals surface area contributed by atoms with Crippen LogP contribution in [0.5, 0.6) is 0 Å². The van der Waals surface area contributed by atoms with Crippen molar-refractivity contribution in [2.24, 2.45) is 5.41 Å². The Morgan fingerprint density at radius 3 is 2.07 bits per heavy atom. The van der Waals surface area contributed by atoms with Crippen LogP contribution in [0.25, 0.3) is 5.57 Å². The number of ketones is 1. The Morgan fingerprint density at radius 1 is 1.04 bits per heavy atom. The number of rotatable bonds is 2. The van der Waals surface area contributed by atoms with Gasteiger partial charge in [-0.3, -0.25) is 9.59 Å². The normalized spacial score (nSPS) is 19.2. The van der Waals surface area contributed by atoms with Gasteiger partial charge in [0.05, 0.1) is 5.41 Å². The van der Waals surface area contributed by atoms with Gasteiger partial charge in [-0.1, -0.05) is 17.7 Å². The van der Waals surface area contributed by atoms with Crippen molar-refractivity contribution in [1.82, 2.24) is 0 Å². The molecule has 0 aromatic heterocycles. The average molecular weight is 384 g/mol. The predicted molar refractivity (Wildman–Crippen MR) is 105 cm³/mol. The van der Waals surface area contributed by atoms with Gasteiger partial charge in [-0.25, -0.2) is 4.79 Å². The first-order valence-electron chi connectivity index (χ1n) is 9.75. The van der Waals surface area contributed by atoms with Gasteiger partial charge in [0.2, 0.25) is 0 Å². The molecule has 1 fully saturated rings. The maximum atomic E-state index is 13.0. The first kappa shape index (κ1) is 20.3. The zero-order valence-corrected chi connectivity index (χ0v) is 17.5. The number of carbonyl (C=O) groups excluding carboxylic acids is 3. The summed E-state index contributed by atoms with van der Waals surface area (Å²) >= 11 is 0. The van der Waals surface area contributed by atoms with Crippen molar-refractivity contribution in [2.45, 2.75) is 72.8 Å². The Morgan fingerprint density at radius 2 is 1.57 bits per heavy atom. The van der Waals surface area contributed by atoms with Crippen LogP contribution in [0.2, 0.25) is 0 Å². The van der Waals surface area contributed by atoms with E-state index in [2.05, 4.69) is 0 Å². The lowest BCUT2D eigenvalue weighted by Gasteiger charge is -2.33.